The lowest BCUT2D eigenvalue weighted by Crippen LogP contribution is -2.32. The number of allylic oxidation sites excluding steroid dienone is 2. The Morgan fingerprint density at radius 1 is 1.02 bits per heavy atom. The Bertz CT molecular complexity index is 1500. The van der Waals surface area contributed by atoms with Gasteiger partial charge in [-0.15, -0.1) is 0 Å². The minimum absolute atomic E-state index is 0.0599. The van der Waals surface area contributed by atoms with Gasteiger partial charge in [0, 0.05) is 35.8 Å². The summed E-state index contributed by atoms with van der Waals surface area (Å²) >= 11 is 0. The van der Waals surface area contributed by atoms with Gasteiger partial charge in [-0.3, -0.25) is 9.69 Å². The number of nitrogens with zero attached hydrogens (tertiary/aromatic N) is 2. The van der Waals surface area contributed by atoms with Crippen LogP contribution >= 0.6 is 0 Å². The fourth-order valence-corrected chi connectivity index (χ4v) is 4.61. The molecule has 2 aliphatic heterocycles. The maximum Gasteiger partial charge on any atom is 0.365 e. The van der Waals surface area contributed by atoms with Crippen molar-refractivity contribution in [2.45, 2.75) is 33.6 Å². The molecule has 2 aromatic rings. The zero-order valence-electron chi connectivity index (χ0n) is 22.8. The van der Waals surface area contributed by atoms with Crippen LogP contribution in [0.3, 0.4) is 0 Å². The lowest BCUT2D eigenvalue weighted by molar-refractivity contribution is -0.139. The largest absolute Gasteiger partial charge is 0.466 e. The van der Waals surface area contributed by atoms with E-state index in [1.54, 1.807) is 69.3 Å². The first-order valence-electron chi connectivity index (χ1n) is 12.6. The SMILES string of the molecule is CCOC(=O)C1=C(C)NC(C)=C(C(=O)OC)C1c1cccc(N(/C=C2/N=C(c3ccccc3)OC2=O)C(C)=O)c1. The Kier molecular flexibility index (Phi) is 8.28. The molecule has 206 valence electrons. The lowest BCUT2D eigenvalue weighted by Gasteiger charge is -2.30. The maximum atomic E-state index is 13.1. The van der Waals surface area contributed by atoms with E-state index in [0.29, 0.717) is 28.2 Å². The number of carbonyl (C=O) groups is 4. The van der Waals surface area contributed by atoms with E-state index in [1.165, 1.54) is 25.1 Å². The van der Waals surface area contributed by atoms with Gasteiger partial charge in [0.1, 0.15) is 0 Å². The molecule has 1 N–H and O–H groups in total. The van der Waals surface area contributed by atoms with Crippen LogP contribution in [0.25, 0.3) is 0 Å². The molecule has 1 amide bonds. The summed E-state index contributed by atoms with van der Waals surface area (Å²) in [6, 6.07) is 15.7. The van der Waals surface area contributed by atoms with Crippen molar-refractivity contribution in [1.29, 1.82) is 0 Å². The van der Waals surface area contributed by atoms with Gasteiger partial charge in [0.2, 0.25) is 11.8 Å². The van der Waals surface area contributed by atoms with Crippen LogP contribution in [0.5, 0.6) is 0 Å². The van der Waals surface area contributed by atoms with Gasteiger partial charge in [-0.05, 0) is 50.6 Å². The van der Waals surface area contributed by atoms with Crippen molar-refractivity contribution >= 4 is 35.4 Å². The fraction of sp³-hybridized carbons (Fsp3) is 0.233. The van der Waals surface area contributed by atoms with Crippen molar-refractivity contribution < 1.29 is 33.4 Å². The quantitative estimate of drug-likeness (QED) is 0.317. The average molecular weight is 544 g/mol. The summed E-state index contributed by atoms with van der Waals surface area (Å²) in [5.41, 5.74) is 3.01. The monoisotopic (exact) mass is 543 g/mol. The standard InChI is InChI=1S/C30H29N3O7/c1-6-39-30(37)25-18(3)31-17(2)24(29(36)38-5)26(25)21-13-10-14-22(15-21)33(19(4)34)16-23-28(35)40-27(32-23)20-11-8-7-9-12-20/h7-16,26,31H,6H2,1-5H3/b23-16+. The summed E-state index contributed by atoms with van der Waals surface area (Å²) < 4.78 is 15.7. The molecule has 0 saturated heterocycles. The number of amides is 1. The summed E-state index contributed by atoms with van der Waals surface area (Å²) in [7, 11) is 1.26. The molecule has 0 spiro atoms. The number of esters is 3. The summed E-state index contributed by atoms with van der Waals surface area (Å²) in [5.74, 6) is -3.01. The van der Waals surface area contributed by atoms with Gasteiger partial charge < -0.3 is 19.5 Å². The van der Waals surface area contributed by atoms with Crippen LogP contribution in [-0.2, 0) is 33.4 Å². The molecule has 10 nitrogen and oxygen atoms in total. The molecule has 0 radical (unpaired) electrons. The molecule has 4 rings (SSSR count). The Labute approximate surface area is 231 Å². The second kappa shape index (κ2) is 11.8. The summed E-state index contributed by atoms with van der Waals surface area (Å²) in [6.45, 7) is 6.62. The van der Waals surface area contributed by atoms with Crippen LogP contribution in [0.4, 0.5) is 5.69 Å². The highest BCUT2D eigenvalue weighted by Gasteiger charge is 2.38. The van der Waals surface area contributed by atoms with Gasteiger partial charge in [-0.25, -0.2) is 19.4 Å². The van der Waals surface area contributed by atoms with Crippen molar-refractivity contribution in [3.05, 3.63) is 100 Å². The first-order chi connectivity index (χ1) is 19.2. The van der Waals surface area contributed by atoms with Crippen molar-refractivity contribution in [2.24, 2.45) is 4.99 Å². The predicted octanol–water partition coefficient (Wildman–Crippen LogP) is 3.86. The number of methoxy groups -OCH3 is 1. The molecule has 0 aromatic heterocycles. The first kappa shape index (κ1) is 28.0. The highest BCUT2D eigenvalue weighted by atomic mass is 16.6. The maximum absolute atomic E-state index is 13.1. The molecule has 0 fully saturated rings. The number of ether oxygens (including phenoxy) is 3. The van der Waals surface area contributed by atoms with Crippen LogP contribution in [-0.4, -0.2) is 43.4 Å². The molecule has 1 atom stereocenters. The summed E-state index contributed by atoms with van der Waals surface area (Å²) in [4.78, 5) is 56.9. The molecule has 1 unspecified atom stereocenters. The zero-order valence-corrected chi connectivity index (χ0v) is 22.8. The number of aliphatic imine (C=N–C) groups is 1. The number of carbonyl (C=O) groups excluding carboxylic acids is 4. The minimum Gasteiger partial charge on any atom is -0.466 e. The number of hydrogen-bond donors (Lipinski definition) is 1. The summed E-state index contributed by atoms with van der Waals surface area (Å²) in [6.07, 6.45) is 1.30. The van der Waals surface area contributed by atoms with Crippen molar-refractivity contribution in [1.82, 2.24) is 5.32 Å². The Hall–Kier alpha value is -4.99. The molecule has 2 aromatic carbocycles. The van der Waals surface area contributed by atoms with Crippen LogP contribution in [0.2, 0.25) is 0 Å². The Morgan fingerprint density at radius 2 is 1.70 bits per heavy atom. The van der Waals surface area contributed by atoms with Gasteiger partial charge in [0.05, 0.1) is 30.8 Å². The van der Waals surface area contributed by atoms with E-state index in [1.807, 2.05) is 6.07 Å². The van der Waals surface area contributed by atoms with Gasteiger partial charge >= 0.3 is 17.9 Å². The number of rotatable bonds is 7. The van der Waals surface area contributed by atoms with E-state index in [4.69, 9.17) is 14.2 Å². The topological polar surface area (TPSA) is 124 Å². The van der Waals surface area contributed by atoms with E-state index in [-0.39, 0.29) is 29.3 Å². The number of nitrogens with one attached hydrogen (secondary N) is 1. The molecule has 40 heavy (non-hydrogen) atoms. The normalized spacial score (nSPS) is 17.7. The molecule has 2 aliphatic rings. The Morgan fingerprint density at radius 3 is 2.33 bits per heavy atom. The van der Waals surface area contributed by atoms with E-state index >= 15 is 0 Å². The third-order valence-corrected chi connectivity index (χ3v) is 6.37. The van der Waals surface area contributed by atoms with Gasteiger partial charge in [-0.2, -0.15) is 0 Å². The third kappa shape index (κ3) is 5.56. The zero-order chi connectivity index (χ0) is 29.0. The van der Waals surface area contributed by atoms with Crippen molar-refractivity contribution in [3.8, 4) is 0 Å². The molecule has 0 aliphatic carbocycles. The number of cyclic esters (lactones) is 1. The number of hydrogen-bond acceptors (Lipinski definition) is 9. The lowest BCUT2D eigenvalue weighted by atomic mass is 9.80. The van der Waals surface area contributed by atoms with Crippen molar-refractivity contribution in [2.75, 3.05) is 18.6 Å². The van der Waals surface area contributed by atoms with E-state index in [9.17, 15) is 19.2 Å². The smallest absolute Gasteiger partial charge is 0.365 e. The van der Waals surface area contributed by atoms with Gasteiger partial charge in [-0.1, -0.05) is 30.3 Å². The number of dihydropyridines is 1. The van der Waals surface area contributed by atoms with Crippen LogP contribution in [0.1, 0.15) is 44.7 Å². The molecular formula is C30H29N3O7. The second-order valence-electron chi connectivity index (χ2n) is 9.02. The second-order valence-corrected chi connectivity index (χ2v) is 9.02. The third-order valence-electron chi connectivity index (χ3n) is 6.37. The highest BCUT2D eigenvalue weighted by Crippen LogP contribution is 2.40. The molecule has 10 heteroatoms. The minimum atomic E-state index is -0.840. The van der Waals surface area contributed by atoms with E-state index in [2.05, 4.69) is 10.3 Å². The predicted molar refractivity (Wildman–Crippen MR) is 147 cm³/mol. The molecule has 0 saturated carbocycles. The number of benzene rings is 2. The van der Waals surface area contributed by atoms with Crippen molar-refractivity contribution in [3.63, 3.8) is 0 Å². The number of anilines is 1. The molecule has 0 bridgehead atoms. The fourth-order valence-electron chi connectivity index (χ4n) is 4.61. The highest BCUT2D eigenvalue weighted by molar-refractivity contribution is 6.11. The van der Waals surface area contributed by atoms with Gasteiger partial charge in [0.15, 0.2) is 5.70 Å². The van der Waals surface area contributed by atoms with Crippen LogP contribution in [0.15, 0.2) is 94.0 Å². The summed E-state index contributed by atoms with van der Waals surface area (Å²) in [5, 5.41) is 3.08. The van der Waals surface area contributed by atoms with E-state index in [0.717, 1.165) is 0 Å². The Balaban J connectivity index is 1.80. The average Bonchev–Trinajstić information content (AvgIpc) is 3.31. The molecule has 2 heterocycles. The van der Waals surface area contributed by atoms with Crippen LogP contribution < -0.4 is 10.2 Å². The van der Waals surface area contributed by atoms with E-state index < -0.39 is 29.7 Å². The van der Waals surface area contributed by atoms with Gasteiger partial charge in [0.25, 0.3) is 0 Å². The molecular weight excluding hydrogens is 514 g/mol. The first-order valence-corrected chi connectivity index (χ1v) is 12.6. The van der Waals surface area contributed by atoms with Crippen LogP contribution in [0, 0.1) is 0 Å².